The molecule has 0 aliphatic heterocycles. The first-order valence-corrected chi connectivity index (χ1v) is 13.8. The molecule has 4 nitrogen and oxygen atoms in total. The molecule has 1 aliphatic rings. The number of rotatable bonds is 15. The quantitative estimate of drug-likeness (QED) is 0.241. The van der Waals surface area contributed by atoms with Crippen LogP contribution in [0.4, 0.5) is 4.39 Å². The highest BCUT2D eigenvalue weighted by atomic mass is 19.1. The zero-order valence-corrected chi connectivity index (χ0v) is 21.5. The summed E-state index contributed by atoms with van der Waals surface area (Å²) in [5.41, 5.74) is 1.56. The van der Waals surface area contributed by atoms with Gasteiger partial charge in [0.05, 0.1) is 18.2 Å². The van der Waals surface area contributed by atoms with Crippen LogP contribution in [0.25, 0.3) is 0 Å². The molecule has 0 bridgehead atoms. The van der Waals surface area contributed by atoms with E-state index < -0.39 is 5.82 Å². The second-order valence-corrected chi connectivity index (χ2v) is 10.2. The van der Waals surface area contributed by atoms with Gasteiger partial charge in [-0.25, -0.2) is 14.4 Å². The molecular weight excluding hydrogens is 437 g/mol. The highest BCUT2D eigenvalue weighted by molar-refractivity contribution is 5.36. The smallest absolute Gasteiger partial charge is 0.166 e. The van der Waals surface area contributed by atoms with Crippen LogP contribution in [0.5, 0.6) is 5.75 Å². The van der Waals surface area contributed by atoms with E-state index in [1.54, 1.807) is 12.1 Å². The van der Waals surface area contributed by atoms with Gasteiger partial charge in [-0.2, -0.15) is 5.26 Å². The molecule has 1 aromatic heterocycles. The molecule has 0 atom stereocenters. The SMILES string of the molecule is CCCCCCCCCCCCc1cnc(C2CCC(COc3ccc(C#N)cc3F)CC2)nc1. The highest BCUT2D eigenvalue weighted by Crippen LogP contribution is 2.34. The summed E-state index contributed by atoms with van der Waals surface area (Å²) in [7, 11) is 0. The average Bonchev–Trinajstić information content (AvgIpc) is 2.89. The number of aromatic nitrogens is 2. The number of hydrogen-bond donors (Lipinski definition) is 0. The maximum atomic E-state index is 14.0. The van der Waals surface area contributed by atoms with Crippen LogP contribution in [-0.4, -0.2) is 16.6 Å². The van der Waals surface area contributed by atoms with Gasteiger partial charge in [-0.05, 0) is 68.2 Å². The number of hydrogen-bond acceptors (Lipinski definition) is 4. The van der Waals surface area contributed by atoms with Crippen molar-refractivity contribution in [3.8, 4) is 11.8 Å². The average molecular weight is 480 g/mol. The van der Waals surface area contributed by atoms with Crippen LogP contribution in [0, 0.1) is 23.1 Å². The van der Waals surface area contributed by atoms with Crippen LogP contribution in [0.15, 0.2) is 30.6 Å². The van der Waals surface area contributed by atoms with E-state index >= 15 is 0 Å². The number of nitriles is 1. The van der Waals surface area contributed by atoms with Gasteiger partial charge in [0.2, 0.25) is 0 Å². The van der Waals surface area contributed by atoms with Crippen molar-refractivity contribution in [1.82, 2.24) is 9.97 Å². The Hall–Kier alpha value is -2.48. The standard InChI is InChI=1S/C30H42FN3O/c1-2-3-4-5-6-7-8-9-10-11-12-26-21-33-30(34-22-26)27-16-13-24(14-17-27)23-35-29-18-15-25(20-32)19-28(29)31/h15,18-19,21-22,24,27H,2-14,16-17,23H2,1H3. The molecule has 0 amide bonds. The largest absolute Gasteiger partial charge is 0.490 e. The van der Waals surface area contributed by atoms with Crippen LogP contribution in [-0.2, 0) is 6.42 Å². The Kier molecular flexibility index (Phi) is 12.0. The number of benzene rings is 1. The number of unbranched alkanes of at least 4 members (excludes halogenated alkanes) is 9. The maximum absolute atomic E-state index is 14.0. The molecule has 2 aromatic rings. The Labute approximate surface area is 211 Å². The lowest BCUT2D eigenvalue weighted by Crippen LogP contribution is -2.20. The first kappa shape index (κ1) is 27.1. The second kappa shape index (κ2) is 15.5. The third-order valence-electron chi connectivity index (χ3n) is 7.29. The van der Waals surface area contributed by atoms with Gasteiger partial charge in [0, 0.05) is 18.3 Å². The Balaban J connectivity index is 1.28. The van der Waals surface area contributed by atoms with Gasteiger partial charge < -0.3 is 4.74 Å². The van der Waals surface area contributed by atoms with Crippen molar-refractivity contribution in [2.45, 2.75) is 109 Å². The topological polar surface area (TPSA) is 58.8 Å². The van der Waals surface area contributed by atoms with E-state index in [1.165, 1.54) is 75.8 Å². The minimum Gasteiger partial charge on any atom is -0.490 e. The summed E-state index contributed by atoms with van der Waals surface area (Å²) in [4.78, 5) is 9.39. The molecule has 0 N–H and O–H groups in total. The van der Waals surface area contributed by atoms with Gasteiger partial charge in [-0.15, -0.1) is 0 Å². The van der Waals surface area contributed by atoms with E-state index in [1.807, 2.05) is 18.5 Å². The third-order valence-corrected chi connectivity index (χ3v) is 7.29. The molecule has 0 saturated heterocycles. The van der Waals surface area contributed by atoms with Gasteiger partial charge in [0.1, 0.15) is 5.82 Å². The Morgan fingerprint density at radius 3 is 2.14 bits per heavy atom. The third kappa shape index (κ3) is 9.59. The molecular formula is C30H42FN3O. The van der Waals surface area contributed by atoms with E-state index in [0.717, 1.165) is 37.9 Å². The molecule has 0 spiro atoms. The molecule has 1 aliphatic carbocycles. The van der Waals surface area contributed by atoms with Crippen LogP contribution < -0.4 is 4.74 Å². The summed E-state index contributed by atoms with van der Waals surface area (Å²) in [5.74, 6) is 1.55. The summed E-state index contributed by atoms with van der Waals surface area (Å²) in [6.45, 7) is 2.78. The number of nitrogens with zero attached hydrogens (tertiary/aromatic N) is 3. The molecule has 35 heavy (non-hydrogen) atoms. The summed E-state index contributed by atoms with van der Waals surface area (Å²) >= 11 is 0. The van der Waals surface area contributed by atoms with E-state index in [0.29, 0.717) is 24.0 Å². The Bertz CT molecular complexity index is 901. The molecule has 1 aromatic carbocycles. The van der Waals surface area contributed by atoms with E-state index in [9.17, 15) is 4.39 Å². The van der Waals surface area contributed by atoms with Gasteiger partial charge >= 0.3 is 0 Å². The van der Waals surface area contributed by atoms with Crippen molar-refractivity contribution < 1.29 is 9.13 Å². The highest BCUT2D eigenvalue weighted by Gasteiger charge is 2.25. The van der Waals surface area contributed by atoms with Crippen molar-refractivity contribution in [2.75, 3.05) is 6.61 Å². The van der Waals surface area contributed by atoms with Gasteiger partial charge in [-0.1, -0.05) is 64.7 Å². The van der Waals surface area contributed by atoms with Crippen LogP contribution in [0.2, 0.25) is 0 Å². The molecule has 190 valence electrons. The Morgan fingerprint density at radius 1 is 0.914 bits per heavy atom. The lowest BCUT2D eigenvalue weighted by molar-refractivity contribution is 0.192. The van der Waals surface area contributed by atoms with Crippen LogP contribution in [0.1, 0.15) is 120 Å². The fourth-order valence-electron chi connectivity index (χ4n) is 5.00. The lowest BCUT2D eigenvalue weighted by Gasteiger charge is -2.27. The zero-order chi connectivity index (χ0) is 24.7. The summed E-state index contributed by atoms with van der Waals surface area (Å²) in [5, 5.41) is 8.85. The zero-order valence-electron chi connectivity index (χ0n) is 21.5. The molecule has 1 saturated carbocycles. The monoisotopic (exact) mass is 479 g/mol. The van der Waals surface area contributed by atoms with Crippen molar-refractivity contribution >= 4 is 0 Å². The Morgan fingerprint density at radius 2 is 1.54 bits per heavy atom. The maximum Gasteiger partial charge on any atom is 0.166 e. The fraction of sp³-hybridized carbons (Fsp3) is 0.633. The summed E-state index contributed by atoms with van der Waals surface area (Å²) in [6, 6.07) is 6.30. The number of aryl methyl sites for hydroxylation is 1. The summed E-state index contributed by atoms with van der Waals surface area (Å²) in [6.07, 6.45) is 22.9. The predicted molar refractivity (Wildman–Crippen MR) is 139 cm³/mol. The van der Waals surface area contributed by atoms with Crippen molar-refractivity contribution in [2.24, 2.45) is 5.92 Å². The van der Waals surface area contributed by atoms with Crippen LogP contribution in [0.3, 0.4) is 0 Å². The second-order valence-electron chi connectivity index (χ2n) is 10.2. The van der Waals surface area contributed by atoms with Crippen molar-refractivity contribution in [3.05, 3.63) is 53.4 Å². The number of halogens is 1. The van der Waals surface area contributed by atoms with Crippen molar-refractivity contribution in [1.29, 1.82) is 5.26 Å². The first-order valence-electron chi connectivity index (χ1n) is 13.8. The molecule has 1 heterocycles. The molecule has 0 unspecified atom stereocenters. The first-order chi connectivity index (χ1) is 17.2. The van der Waals surface area contributed by atoms with Gasteiger partial charge in [0.25, 0.3) is 0 Å². The molecule has 5 heteroatoms. The van der Waals surface area contributed by atoms with Gasteiger partial charge in [0.15, 0.2) is 11.6 Å². The van der Waals surface area contributed by atoms with E-state index in [2.05, 4.69) is 6.92 Å². The number of ether oxygens (including phenoxy) is 1. The molecule has 1 fully saturated rings. The predicted octanol–water partition coefficient (Wildman–Crippen LogP) is 8.30. The summed E-state index contributed by atoms with van der Waals surface area (Å²) < 4.78 is 19.7. The van der Waals surface area contributed by atoms with Crippen LogP contribution >= 0.6 is 0 Å². The molecule has 3 rings (SSSR count). The van der Waals surface area contributed by atoms with E-state index in [4.69, 9.17) is 20.0 Å². The van der Waals surface area contributed by atoms with E-state index in [-0.39, 0.29) is 5.75 Å². The van der Waals surface area contributed by atoms with Gasteiger partial charge in [-0.3, -0.25) is 0 Å². The fourth-order valence-corrected chi connectivity index (χ4v) is 5.00. The minimum atomic E-state index is -0.468. The lowest BCUT2D eigenvalue weighted by atomic mass is 9.82. The normalized spacial score (nSPS) is 17.7. The van der Waals surface area contributed by atoms with Crippen molar-refractivity contribution in [3.63, 3.8) is 0 Å². The minimum absolute atomic E-state index is 0.229. The molecule has 0 radical (unpaired) electrons.